The second-order valence-electron chi connectivity index (χ2n) is 4.37. The zero-order valence-electron chi connectivity index (χ0n) is 10.8. The highest BCUT2D eigenvalue weighted by Gasteiger charge is 2.21. The second-order valence-corrected chi connectivity index (χ2v) is 7.34. The van der Waals surface area contributed by atoms with Crippen LogP contribution in [0, 0.1) is 12.7 Å². The molecule has 0 radical (unpaired) electrons. The van der Waals surface area contributed by atoms with Gasteiger partial charge in [0.15, 0.2) is 0 Å². The second kappa shape index (κ2) is 5.82. The summed E-state index contributed by atoms with van der Waals surface area (Å²) < 4.78 is 41.1. The van der Waals surface area contributed by atoms with Crippen LogP contribution in [0.25, 0.3) is 0 Å². The highest BCUT2D eigenvalue weighted by molar-refractivity contribution is 9.10. The first-order chi connectivity index (χ1) is 9.70. The summed E-state index contributed by atoms with van der Waals surface area (Å²) >= 11 is 9.06. The van der Waals surface area contributed by atoms with Crippen LogP contribution in [-0.2, 0) is 10.0 Å². The zero-order valence-corrected chi connectivity index (χ0v) is 14.0. The monoisotopic (exact) mass is 392 g/mol. The lowest BCUT2D eigenvalue weighted by atomic mass is 10.2. The molecule has 0 aliphatic carbocycles. The van der Waals surface area contributed by atoms with Crippen molar-refractivity contribution >= 4 is 48.9 Å². The van der Waals surface area contributed by atoms with Crippen molar-refractivity contribution < 1.29 is 12.8 Å². The van der Waals surface area contributed by atoms with Crippen LogP contribution < -0.4 is 10.5 Å². The third-order valence-electron chi connectivity index (χ3n) is 2.78. The first-order valence-electron chi connectivity index (χ1n) is 5.74. The molecular weight excluding hydrogens is 383 g/mol. The summed E-state index contributed by atoms with van der Waals surface area (Å²) in [6.07, 6.45) is 0. The van der Waals surface area contributed by atoms with Gasteiger partial charge in [0.2, 0.25) is 0 Å². The van der Waals surface area contributed by atoms with Gasteiger partial charge in [0, 0.05) is 4.47 Å². The van der Waals surface area contributed by atoms with Crippen LogP contribution in [0.1, 0.15) is 5.56 Å². The fraction of sp³-hybridized carbons (Fsp3) is 0.0769. The number of hydrogen-bond acceptors (Lipinski definition) is 3. The van der Waals surface area contributed by atoms with Gasteiger partial charge in [-0.25, -0.2) is 12.8 Å². The van der Waals surface area contributed by atoms with Crippen LogP contribution in [-0.4, -0.2) is 8.42 Å². The van der Waals surface area contributed by atoms with Gasteiger partial charge in [-0.2, -0.15) is 0 Å². The average molecular weight is 394 g/mol. The standard InChI is InChI=1S/C13H11BrClFN2O2S/c1-7-2-3-8(14)4-12(7)18-21(19,20)13-6-11(17)10(16)5-9(13)15/h2-6,18H,17H2,1H3. The van der Waals surface area contributed by atoms with Crippen molar-refractivity contribution in [3.8, 4) is 0 Å². The molecule has 112 valence electrons. The minimum Gasteiger partial charge on any atom is -0.396 e. The predicted molar refractivity (Wildman–Crippen MR) is 85.5 cm³/mol. The Bertz CT molecular complexity index is 812. The molecule has 3 N–H and O–H groups in total. The van der Waals surface area contributed by atoms with Gasteiger partial charge in [-0.05, 0) is 36.8 Å². The molecule has 0 fully saturated rings. The van der Waals surface area contributed by atoms with E-state index in [-0.39, 0.29) is 15.6 Å². The van der Waals surface area contributed by atoms with Gasteiger partial charge < -0.3 is 5.73 Å². The molecular formula is C13H11BrClFN2O2S. The average Bonchev–Trinajstić information content (AvgIpc) is 2.37. The van der Waals surface area contributed by atoms with Crippen LogP contribution in [0.5, 0.6) is 0 Å². The number of nitrogens with two attached hydrogens (primary N) is 1. The first-order valence-corrected chi connectivity index (χ1v) is 8.39. The van der Waals surface area contributed by atoms with Crippen LogP contribution in [0.15, 0.2) is 39.7 Å². The molecule has 2 aromatic rings. The number of anilines is 2. The van der Waals surface area contributed by atoms with E-state index in [9.17, 15) is 12.8 Å². The molecule has 0 atom stereocenters. The Kier molecular flexibility index (Phi) is 4.46. The highest BCUT2D eigenvalue weighted by Crippen LogP contribution is 2.29. The van der Waals surface area contributed by atoms with Gasteiger partial charge in [0.05, 0.1) is 16.4 Å². The lowest BCUT2D eigenvalue weighted by Gasteiger charge is -2.12. The van der Waals surface area contributed by atoms with Crippen molar-refractivity contribution in [1.29, 1.82) is 0 Å². The van der Waals surface area contributed by atoms with Crippen LogP contribution >= 0.6 is 27.5 Å². The summed E-state index contributed by atoms with van der Waals surface area (Å²) in [4.78, 5) is -0.276. The summed E-state index contributed by atoms with van der Waals surface area (Å²) in [5.41, 5.74) is 6.24. The Morgan fingerprint density at radius 3 is 2.62 bits per heavy atom. The van der Waals surface area contributed by atoms with Crippen molar-refractivity contribution in [3.63, 3.8) is 0 Å². The van der Waals surface area contributed by atoms with Crippen molar-refractivity contribution in [3.05, 3.63) is 51.2 Å². The van der Waals surface area contributed by atoms with E-state index < -0.39 is 15.8 Å². The number of benzene rings is 2. The normalized spacial score (nSPS) is 11.4. The van der Waals surface area contributed by atoms with Crippen molar-refractivity contribution in [2.45, 2.75) is 11.8 Å². The predicted octanol–water partition coefficient (Wildman–Crippen LogP) is 3.93. The number of sulfonamides is 1. The van der Waals surface area contributed by atoms with Gasteiger partial charge in [0.25, 0.3) is 10.0 Å². The SMILES string of the molecule is Cc1ccc(Br)cc1NS(=O)(=O)c1cc(N)c(F)cc1Cl. The molecule has 0 saturated carbocycles. The molecule has 0 aliphatic heterocycles. The topological polar surface area (TPSA) is 72.2 Å². The fourth-order valence-electron chi connectivity index (χ4n) is 1.65. The smallest absolute Gasteiger partial charge is 0.263 e. The molecule has 0 aromatic heterocycles. The largest absolute Gasteiger partial charge is 0.396 e. The third kappa shape index (κ3) is 3.48. The quantitative estimate of drug-likeness (QED) is 0.776. The van der Waals surface area contributed by atoms with Gasteiger partial charge >= 0.3 is 0 Å². The van der Waals surface area contributed by atoms with E-state index in [1.165, 1.54) is 0 Å². The molecule has 0 amide bonds. The number of rotatable bonds is 3. The molecule has 0 heterocycles. The molecule has 0 unspecified atom stereocenters. The zero-order chi connectivity index (χ0) is 15.8. The number of aryl methyl sites for hydroxylation is 1. The van der Waals surface area contributed by atoms with Crippen molar-refractivity contribution in [1.82, 2.24) is 0 Å². The van der Waals surface area contributed by atoms with E-state index in [1.54, 1.807) is 25.1 Å². The van der Waals surface area contributed by atoms with E-state index in [0.29, 0.717) is 5.69 Å². The maximum absolute atomic E-state index is 13.3. The number of nitrogens with one attached hydrogen (secondary N) is 1. The lowest BCUT2D eigenvalue weighted by molar-refractivity contribution is 0.600. The third-order valence-corrected chi connectivity index (χ3v) is 5.11. The van der Waals surface area contributed by atoms with E-state index in [0.717, 1.165) is 22.2 Å². The Labute approximate surface area is 135 Å². The van der Waals surface area contributed by atoms with E-state index in [4.69, 9.17) is 17.3 Å². The Morgan fingerprint density at radius 1 is 1.29 bits per heavy atom. The highest BCUT2D eigenvalue weighted by atomic mass is 79.9. The van der Waals surface area contributed by atoms with Gasteiger partial charge in [0.1, 0.15) is 10.7 Å². The minimum atomic E-state index is -3.97. The van der Waals surface area contributed by atoms with E-state index in [1.807, 2.05) is 0 Å². The van der Waals surface area contributed by atoms with Gasteiger partial charge in [-0.3, -0.25) is 4.72 Å². The molecule has 0 aliphatic rings. The van der Waals surface area contributed by atoms with Gasteiger partial charge in [-0.15, -0.1) is 0 Å². The maximum Gasteiger partial charge on any atom is 0.263 e. The molecule has 0 saturated heterocycles. The summed E-state index contributed by atoms with van der Waals surface area (Å²) in [6.45, 7) is 1.75. The fourth-order valence-corrected chi connectivity index (χ4v) is 3.69. The number of halogens is 3. The number of nitrogen functional groups attached to an aromatic ring is 1. The molecule has 0 spiro atoms. The van der Waals surface area contributed by atoms with Crippen molar-refractivity contribution in [2.75, 3.05) is 10.5 Å². The Hall–Kier alpha value is -1.31. The molecule has 2 rings (SSSR count). The van der Waals surface area contributed by atoms with Crippen LogP contribution in [0.2, 0.25) is 5.02 Å². The minimum absolute atomic E-state index is 0.234. The summed E-state index contributed by atoms with van der Waals surface area (Å²) in [6, 6.07) is 7.03. The van der Waals surface area contributed by atoms with Crippen molar-refractivity contribution in [2.24, 2.45) is 0 Å². The molecule has 0 bridgehead atoms. The Balaban J connectivity index is 2.48. The lowest BCUT2D eigenvalue weighted by Crippen LogP contribution is -2.15. The van der Waals surface area contributed by atoms with Crippen LogP contribution in [0.3, 0.4) is 0 Å². The summed E-state index contributed by atoms with van der Waals surface area (Å²) in [5.74, 6) is -0.766. The summed E-state index contributed by atoms with van der Waals surface area (Å²) in [5, 5.41) is -0.234. The van der Waals surface area contributed by atoms with E-state index >= 15 is 0 Å². The molecule has 2 aromatic carbocycles. The number of hydrogen-bond donors (Lipinski definition) is 2. The van der Waals surface area contributed by atoms with E-state index in [2.05, 4.69) is 20.7 Å². The molecule has 4 nitrogen and oxygen atoms in total. The maximum atomic E-state index is 13.3. The van der Waals surface area contributed by atoms with Crippen LogP contribution in [0.4, 0.5) is 15.8 Å². The summed E-state index contributed by atoms with van der Waals surface area (Å²) in [7, 11) is -3.97. The first kappa shape index (κ1) is 16.1. The van der Waals surface area contributed by atoms with Gasteiger partial charge in [-0.1, -0.05) is 33.6 Å². The molecule has 8 heteroatoms. The Morgan fingerprint density at radius 2 is 1.95 bits per heavy atom. The molecule has 21 heavy (non-hydrogen) atoms.